The lowest BCUT2D eigenvalue weighted by atomic mass is 9.92. The molecule has 1 aliphatic carbocycles. The van der Waals surface area contributed by atoms with Gasteiger partial charge in [-0.15, -0.1) is 0 Å². The summed E-state index contributed by atoms with van der Waals surface area (Å²) >= 11 is 0. The van der Waals surface area contributed by atoms with Gasteiger partial charge in [-0.1, -0.05) is 38.7 Å². The molecule has 0 heterocycles. The van der Waals surface area contributed by atoms with Gasteiger partial charge < -0.3 is 5.32 Å². The van der Waals surface area contributed by atoms with Crippen molar-refractivity contribution in [2.24, 2.45) is 5.92 Å². The molecule has 2 heteroatoms. The van der Waals surface area contributed by atoms with E-state index in [0.717, 1.165) is 24.4 Å². The first-order valence-electron chi connectivity index (χ1n) is 7.70. The van der Waals surface area contributed by atoms with Crippen LogP contribution in [-0.2, 0) is 0 Å². The maximum Gasteiger partial charge on any atom is 0.123 e. The smallest absolute Gasteiger partial charge is 0.123 e. The van der Waals surface area contributed by atoms with Crippen LogP contribution in [0.3, 0.4) is 0 Å². The van der Waals surface area contributed by atoms with E-state index in [4.69, 9.17) is 0 Å². The van der Waals surface area contributed by atoms with E-state index in [1.54, 1.807) is 12.1 Å². The molecular weight excluding hydrogens is 237 g/mol. The average Bonchev–Trinajstić information content (AvgIpc) is 2.91. The Bertz CT molecular complexity index is 396. The Morgan fingerprint density at radius 1 is 1.32 bits per heavy atom. The van der Waals surface area contributed by atoms with E-state index in [9.17, 15) is 4.39 Å². The molecule has 0 bridgehead atoms. The molecule has 0 radical (unpaired) electrons. The Balaban J connectivity index is 2.03. The van der Waals surface area contributed by atoms with Crippen LogP contribution in [0.2, 0.25) is 0 Å². The third-order valence-electron chi connectivity index (χ3n) is 4.41. The maximum absolute atomic E-state index is 13.5. The normalized spacial score (nSPS) is 17.8. The van der Waals surface area contributed by atoms with Gasteiger partial charge in [-0.3, -0.25) is 0 Å². The molecule has 1 unspecified atom stereocenters. The highest BCUT2D eigenvalue weighted by Gasteiger charge is 2.19. The van der Waals surface area contributed by atoms with Crippen LogP contribution < -0.4 is 5.32 Å². The quantitative estimate of drug-likeness (QED) is 0.780. The lowest BCUT2D eigenvalue weighted by Gasteiger charge is -2.22. The van der Waals surface area contributed by atoms with Crippen molar-refractivity contribution in [2.45, 2.75) is 58.4 Å². The van der Waals surface area contributed by atoms with Crippen molar-refractivity contribution in [3.63, 3.8) is 0 Å². The first kappa shape index (κ1) is 14.5. The highest BCUT2D eigenvalue weighted by Crippen LogP contribution is 2.32. The first-order valence-corrected chi connectivity index (χ1v) is 7.70. The number of hydrogen-bond donors (Lipinski definition) is 1. The Morgan fingerprint density at radius 2 is 2.05 bits per heavy atom. The second-order valence-electron chi connectivity index (χ2n) is 5.84. The summed E-state index contributed by atoms with van der Waals surface area (Å²) in [6.07, 6.45) is 7.98. The van der Waals surface area contributed by atoms with Crippen LogP contribution in [0.5, 0.6) is 0 Å². The van der Waals surface area contributed by atoms with Crippen LogP contribution in [0.25, 0.3) is 0 Å². The van der Waals surface area contributed by atoms with Gasteiger partial charge >= 0.3 is 0 Å². The molecule has 2 rings (SSSR count). The van der Waals surface area contributed by atoms with Crippen molar-refractivity contribution in [3.8, 4) is 0 Å². The summed E-state index contributed by atoms with van der Waals surface area (Å²) < 4.78 is 13.5. The molecule has 1 aliphatic rings. The standard InChI is InChI=1S/C17H26FN/c1-3-19-17(11-9-14-6-4-5-7-14)16-12-15(18)10-8-13(16)2/h8,10,12,14,17,19H,3-7,9,11H2,1-2H3. The zero-order valence-corrected chi connectivity index (χ0v) is 12.2. The van der Waals surface area contributed by atoms with Crippen LogP contribution in [0.1, 0.15) is 62.6 Å². The van der Waals surface area contributed by atoms with E-state index in [0.29, 0.717) is 6.04 Å². The molecule has 0 aromatic heterocycles. The minimum absolute atomic E-state index is 0.121. The predicted octanol–water partition coefficient (Wildman–Crippen LogP) is 4.76. The van der Waals surface area contributed by atoms with Gasteiger partial charge in [0.15, 0.2) is 0 Å². The predicted molar refractivity (Wildman–Crippen MR) is 78.7 cm³/mol. The summed E-state index contributed by atoms with van der Waals surface area (Å²) in [5, 5.41) is 3.52. The SMILES string of the molecule is CCNC(CCC1CCCC1)c1cc(F)ccc1C. The monoisotopic (exact) mass is 263 g/mol. The van der Waals surface area contributed by atoms with Gasteiger partial charge in [-0.2, -0.15) is 0 Å². The summed E-state index contributed by atoms with van der Waals surface area (Å²) in [5.41, 5.74) is 2.33. The lowest BCUT2D eigenvalue weighted by molar-refractivity contribution is 0.415. The Labute approximate surface area is 116 Å². The Hall–Kier alpha value is -0.890. The minimum atomic E-state index is -0.121. The fraction of sp³-hybridized carbons (Fsp3) is 0.647. The zero-order valence-electron chi connectivity index (χ0n) is 12.2. The van der Waals surface area contributed by atoms with Gasteiger partial charge in [0.05, 0.1) is 0 Å². The number of hydrogen-bond acceptors (Lipinski definition) is 1. The van der Waals surface area contributed by atoms with E-state index >= 15 is 0 Å². The van der Waals surface area contributed by atoms with Crippen LogP contribution in [-0.4, -0.2) is 6.54 Å². The highest BCUT2D eigenvalue weighted by atomic mass is 19.1. The number of halogens is 1. The summed E-state index contributed by atoms with van der Waals surface area (Å²) in [6, 6.07) is 5.46. The molecule has 1 N–H and O–H groups in total. The summed E-state index contributed by atoms with van der Waals surface area (Å²) in [4.78, 5) is 0. The van der Waals surface area contributed by atoms with Crippen LogP contribution in [0.4, 0.5) is 4.39 Å². The maximum atomic E-state index is 13.5. The van der Waals surface area contributed by atoms with Gasteiger partial charge in [0.25, 0.3) is 0 Å². The van der Waals surface area contributed by atoms with E-state index in [2.05, 4.69) is 19.2 Å². The van der Waals surface area contributed by atoms with Crippen molar-refractivity contribution < 1.29 is 4.39 Å². The summed E-state index contributed by atoms with van der Waals surface area (Å²) in [6.45, 7) is 5.14. The molecule has 1 saturated carbocycles. The molecule has 1 aromatic rings. The second kappa shape index (κ2) is 7.04. The van der Waals surface area contributed by atoms with Gasteiger partial charge in [0, 0.05) is 6.04 Å². The Kier molecular flexibility index (Phi) is 5.38. The molecule has 0 aliphatic heterocycles. The molecule has 1 atom stereocenters. The van der Waals surface area contributed by atoms with Crippen LogP contribution >= 0.6 is 0 Å². The molecule has 1 nitrogen and oxygen atoms in total. The molecular formula is C17H26FN. The molecule has 0 saturated heterocycles. The van der Waals surface area contributed by atoms with E-state index in [1.165, 1.54) is 37.7 Å². The summed E-state index contributed by atoms with van der Waals surface area (Å²) in [7, 11) is 0. The van der Waals surface area contributed by atoms with Gasteiger partial charge in [-0.25, -0.2) is 4.39 Å². The van der Waals surface area contributed by atoms with E-state index in [1.807, 2.05) is 6.07 Å². The van der Waals surface area contributed by atoms with Crippen molar-refractivity contribution in [1.82, 2.24) is 5.32 Å². The van der Waals surface area contributed by atoms with Crippen LogP contribution in [0.15, 0.2) is 18.2 Å². The zero-order chi connectivity index (χ0) is 13.7. The Morgan fingerprint density at radius 3 is 2.74 bits per heavy atom. The number of rotatable bonds is 6. The van der Waals surface area contributed by atoms with Crippen molar-refractivity contribution in [3.05, 3.63) is 35.1 Å². The fourth-order valence-electron chi connectivity index (χ4n) is 3.30. The average molecular weight is 263 g/mol. The van der Waals surface area contributed by atoms with Crippen molar-refractivity contribution in [2.75, 3.05) is 6.54 Å². The minimum Gasteiger partial charge on any atom is -0.310 e. The molecule has 0 spiro atoms. The third-order valence-corrected chi connectivity index (χ3v) is 4.41. The van der Waals surface area contributed by atoms with E-state index in [-0.39, 0.29) is 5.82 Å². The molecule has 1 aromatic carbocycles. The highest BCUT2D eigenvalue weighted by molar-refractivity contribution is 5.29. The number of benzene rings is 1. The lowest BCUT2D eigenvalue weighted by Crippen LogP contribution is -2.22. The topological polar surface area (TPSA) is 12.0 Å². The largest absolute Gasteiger partial charge is 0.310 e. The first-order chi connectivity index (χ1) is 9.20. The third kappa shape index (κ3) is 4.04. The van der Waals surface area contributed by atoms with Crippen molar-refractivity contribution >= 4 is 0 Å². The fourth-order valence-corrected chi connectivity index (χ4v) is 3.30. The molecule has 19 heavy (non-hydrogen) atoms. The van der Waals surface area contributed by atoms with Crippen LogP contribution in [0, 0.1) is 18.7 Å². The molecule has 0 amide bonds. The van der Waals surface area contributed by atoms with Gasteiger partial charge in [0.2, 0.25) is 0 Å². The number of aryl methyl sites for hydroxylation is 1. The van der Waals surface area contributed by atoms with Gasteiger partial charge in [-0.05, 0) is 55.5 Å². The van der Waals surface area contributed by atoms with E-state index < -0.39 is 0 Å². The van der Waals surface area contributed by atoms with Crippen molar-refractivity contribution in [1.29, 1.82) is 0 Å². The number of nitrogens with one attached hydrogen (secondary N) is 1. The second-order valence-corrected chi connectivity index (χ2v) is 5.84. The molecule has 1 fully saturated rings. The summed E-state index contributed by atoms with van der Waals surface area (Å²) in [5.74, 6) is 0.777. The molecule has 106 valence electrons. The van der Waals surface area contributed by atoms with Gasteiger partial charge in [0.1, 0.15) is 5.82 Å².